The topological polar surface area (TPSA) is 56.9 Å². The van der Waals surface area contributed by atoms with E-state index in [0.717, 1.165) is 36.6 Å². The summed E-state index contributed by atoms with van der Waals surface area (Å²) in [5.41, 5.74) is 5.85. The number of hydrogen-bond donors (Lipinski definition) is 1. The van der Waals surface area contributed by atoms with E-state index in [4.69, 9.17) is 4.74 Å². The first-order valence-corrected chi connectivity index (χ1v) is 9.48. The molecule has 3 aromatic rings. The zero-order chi connectivity index (χ0) is 19.4. The van der Waals surface area contributed by atoms with Gasteiger partial charge in [0.25, 0.3) is 0 Å². The lowest BCUT2D eigenvalue weighted by atomic mass is 10.1. The standard InChI is InChI=1S/C21H29N5O/c1-6-11-25-16(3)18(13-23-25)12-22-15(2)21-14-24-26(17(21)4)19-7-9-20(27-5)10-8-19/h7-10,13-15,22H,6,11-12H2,1-5H3/t15-/m1/s1. The maximum atomic E-state index is 5.23. The molecule has 6 heteroatoms. The third-order valence-corrected chi connectivity index (χ3v) is 5.07. The number of methoxy groups -OCH3 is 1. The third-order valence-electron chi connectivity index (χ3n) is 5.07. The molecule has 0 spiro atoms. The first kappa shape index (κ1) is 19.2. The fourth-order valence-electron chi connectivity index (χ4n) is 3.30. The molecule has 0 saturated heterocycles. The van der Waals surface area contributed by atoms with Crippen LogP contribution in [0.4, 0.5) is 0 Å². The fraction of sp³-hybridized carbons (Fsp3) is 0.429. The Morgan fingerprint density at radius 1 is 1.07 bits per heavy atom. The van der Waals surface area contributed by atoms with Gasteiger partial charge in [0.1, 0.15) is 5.75 Å². The van der Waals surface area contributed by atoms with Crippen LogP contribution in [0.1, 0.15) is 48.8 Å². The number of rotatable bonds is 8. The molecular formula is C21H29N5O. The molecule has 0 aliphatic carbocycles. The SMILES string of the molecule is CCCn1ncc(CN[C@H](C)c2cnn(-c3ccc(OC)cc3)c2C)c1C. The van der Waals surface area contributed by atoms with Gasteiger partial charge in [-0.05, 0) is 51.5 Å². The van der Waals surface area contributed by atoms with E-state index in [-0.39, 0.29) is 6.04 Å². The van der Waals surface area contributed by atoms with Crippen molar-refractivity contribution in [3.8, 4) is 11.4 Å². The highest BCUT2D eigenvalue weighted by Gasteiger charge is 2.15. The lowest BCUT2D eigenvalue weighted by molar-refractivity contribution is 0.414. The summed E-state index contributed by atoms with van der Waals surface area (Å²) < 4.78 is 9.28. The Morgan fingerprint density at radius 3 is 2.48 bits per heavy atom. The molecule has 0 radical (unpaired) electrons. The van der Waals surface area contributed by atoms with E-state index in [1.165, 1.54) is 16.8 Å². The van der Waals surface area contributed by atoms with E-state index >= 15 is 0 Å². The molecular weight excluding hydrogens is 338 g/mol. The fourth-order valence-corrected chi connectivity index (χ4v) is 3.30. The summed E-state index contributed by atoms with van der Waals surface area (Å²) in [4.78, 5) is 0. The first-order chi connectivity index (χ1) is 13.0. The molecule has 0 unspecified atom stereocenters. The highest BCUT2D eigenvalue weighted by molar-refractivity contribution is 5.39. The molecule has 1 aromatic carbocycles. The van der Waals surface area contributed by atoms with Gasteiger partial charge in [-0.25, -0.2) is 4.68 Å². The minimum absolute atomic E-state index is 0.200. The smallest absolute Gasteiger partial charge is 0.119 e. The van der Waals surface area contributed by atoms with Gasteiger partial charge in [0, 0.05) is 41.6 Å². The van der Waals surface area contributed by atoms with Crippen molar-refractivity contribution in [3.05, 3.63) is 59.2 Å². The van der Waals surface area contributed by atoms with Gasteiger partial charge in [-0.1, -0.05) is 6.92 Å². The highest BCUT2D eigenvalue weighted by atomic mass is 16.5. The van der Waals surface area contributed by atoms with Gasteiger partial charge >= 0.3 is 0 Å². The Bertz CT molecular complexity index is 879. The predicted molar refractivity (Wildman–Crippen MR) is 107 cm³/mol. The number of nitrogens with one attached hydrogen (secondary N) is 1. The Kier molecular flexibility index (Phi) is 5.96. The number of nitrogens with zero attached hydrogens (tertiary/aromatic N) is 4. The molecule has 6 nitrogen and oxygen atoms in total. The normalized spacial score (nSPS) is 12.3. The summed E-state index contributed by atoms with van der Waals surface area (Å²) in [5, 5.41) is 12.7. The van der Waals surface area contributed by atoms with E-state index < -0.39 is 0 Å². The van der Waals surface area contributed by atoms with Crippen molar-refractivity contribution in [1.82, 2.24) is 24.9 Å². The van der Waals surface area contributed by atoms with E-state index in [1.807, 2.05) is 41.3 Å². The second-order valence-electron chi connectivity index (χ2n) is 6.88. The van der Waals surface area contributed by atoms with Crippen LogP contribution < -0.4 is 10.1 Å². The van der Waals surface area contributed by atoms with Crippen molar-refractivity contribution in [2.75, 3.05) is 7.11 Å². The quantitative estimate of drug-likeness (QED) is 0.655. The molecule has 27 heavy (non-hydrogen) atoms. The van der Waals surface area contributed by atoms with Gasteiger partial charge in [-0.2, -0.15) is 10.2 Å². The van der Waals surface area contributed by atoms with Gasteiger partial charge in [0.2, 0.25) is 0 Å². The van der Waals surface area contributed by atoms with Crippen LogP contribution in [-0.4, -0.2) is 26.7 Å². The van der Waals surface area contributed by atoms with Gasteiger partial charge in [0.05, 0.1) is 25.2 Å². The average Bonchev–Trinajstić information content (AvgIpc) is 3.23. The van der Waals surface area contributed by atoms with E-state index in [0.29, 0.717) is 0 Å². The zero-order valence-electron chi connectivity index (χ0n) is 16.9. The summed E-state index contributed by atoms with van der Waals surface area (Å²) in [6.45, 7) is 10.4. The van der Waals surface area contributed by atoms with E-state index in [9.17, 15) is 0 Å². The summed E-state index contributed by atoms with van der Waals surface area (Å²) in [6.07, 6.45) is 5.01. The summed E-state index contributed by atoms with van der Waals surface area (Å²) in [5.74, 6) is 0.845. The van der Waals surface area contributed by atoms with Crippen LogP contribution in [-0.2, 0) is 13.1 Å². The Balaban J connectivity index is 1.70. The van der Waals surface area contributed by atoms with Gasteiger partial charge < -0.3 is 10.1 Å². The van der Waals surface area contributed by atoms with Crippen LogP contribution >= 0.6 is 0 Å². The molecule has 0 amide bonds. The third kappa shape index (κ3) is 4.06. The average molecular weight is 367 g/mol. The molecule has 3 rings (SSSR count). The zero-order valence-corrected chi connectivity index (χ0v) is 16.9. The minimum atomic E-state index is 0.200. The lowest BCUT2D eigenvalue weighted by Crippen LogP contribution is -2.19. The van der Waals surface area contributed by atoms with Crippen molar-refractivity contribution in [3.63, 3.8) is 0 Å². The molecule has 1 N–H and O–H groups in total. The molecule has 0 fully saturated rings. The van der Waals surface area contributed by atoms with Gasteiger partial charge in [-0.15, -0.1) is 0 Å². The maximum absolute atomic E-state index is 5.23. The summed E-state index contributed by atoms with van der Waals surface area (Å²) >= 11 is 0. The molecule has 144 valence electrons. The number of ether oxygens (including phenoxy) is 1. The Hall–Kier alpha value is -2.60. The number of aryl methyl sites for hydroxylation is 1. The summed E-state index contributed by atoms with van der Waals surface area (Å²) in [7, 11) is 1.67. The van der Waals surface area contributed by atoms with Crippen LogP contribution in [0, 0.1) is 13.8 Å². The van der Waals surface area contributed by atoms with Crippen LogP contribution in [0.3, 0.4) is 0 Å². The van der Waals surface area contributed by atoms with Crippen LogP contribution in [0.15, 0.2) is 36.7 Å². The van der Waals surface area contributed by atoms with Crippen molar-refractivity contribution < 1.29 is 4.74 Å². The summed E-state index contributed by atoms with van der Waals surface area (Å²) in [6, 6.07) is 8.15. The van der Waals surface area contributed by atoms with Gasteiger partial charge in [0.15, 0.2) is 0 Å². The number of aromatic nitrogens is 4. The highest BCUT2D eigenvalue weighted by Crippen LogP contribution is 2.22. The Labute approximate surface area is 161 Å². The van der Waals surface area contributed by atoms with Crippen molar-refractivity contribution in [2.45, 2.75) is 53.2 Å². The molecule has 0 aliphatic rings. The first-order valence-electron chi connectivity index (χ1n) is 9.48. The Morgan fingerprint density at radius 2 is 1.81 bits per heavy atom. The number of benzene rings is 1. The van der Waals surface area contributed by atoms with Crippen molar-refractivity contribution >= 4 is 0 Å². The second-order valence-corrected chi connectivity index (χ2v) is 6.88. The molecule has 2 aromatic heterocycles. The minimum Gasteiger partial charge on any atom is -0.497 e. The second kappa shape index (κ2) is 8.39. The van der Waals surface area contributed by atoms with Crippen LogP contribution in [0.2, 0.25) is 0 Å². The number of hydrogen-bond acceptors (Lipinski definition) is 4. The molecule has 0 saturated carbocycles. The largest absolute Gasteiger partial charge is 0.497 e. The molecule has 2 heterocycles. The predicted octanol–water partition coefficient (Wildman–Crippen LogP) is 3.96. The van der Waals surface area contributed by atoms with Crippen molar-refractivity contribution in [2.24, 2.45) is 0 Å². The van der Waals surface area contributed by atoms with Crippen LogP contribution in [0.5, 0.6) is 5.75 Å². The van der Waals surface area contributed by atoms with Crippen molar-refractivity contribution in [1.29, 1.82) is 0 Å². The van der Waals surface area contributed by atoms with Crippen LogP contribution in [0.25, 0.3) is 5.69 Å². The molecule has 0 bridgehead atoms. The molecule has 1 atom stereocenters. The van der Waals surface area contributed by atoms with E-state index in [1.54, 1.807) is 7.11 Å². The lowest BCUT2D eigenvalue weighted by Gasteiger charge is -2.14. The maximum Gasteiger partial charge on any atom is 0.119 e. The molecule has 0 aliphatic heterocycles. The monoisotopic (exact) mass is 367 g/mol. The van der Waals surface area contributed by atoms with E-state index in [2.05, 4.69) is 47.9 Å². The van der Waals surface area contributed by atoms with Gasteiger partial charge in [-0.3, -0.25) is 4.68 Å².